The molecule has 0 bridgehead atoms. The van der Waals surface area contributed by atoms with Crippen LogP contribution in [0.25, 0.3) is 10.9 Å². The van der Waals surface area contributed by atoms with Gasteiger partial charge >= 0.3 is 0 Å². The number of nitrogens with zero attached hydrogens (tertiary/aromatic N) is 1. The maximum atomic E-state index is 13.7. The smallest absolute Gasteiger partial charge is 0.124 e. The van der Waals surface area contributed by atoms with Crippen LogP contribution in [0.4, 0.5) is 10.1 Å². The summed E-state index contributed by atoms with van der Waals surface area (Å²) in [5, 5.41) is 13.3. The highest BCUT2D eigenvalue weighted by atomic mass is 19.1. The van der Waals surface area contributed by atoms with E-state index < -0.39 is 0 Å². The lowest BCUT2D eigenvalue weighted by atomic mass is 9.92. The molecule has 1 aromatic heterocycles. The fourth-order valence-corrected chi connectivity index (χ4v) is 3.58. The van der Waals surface area contributed by atoms with E-state index >= 15 is 0 Å². The molecule has 0 amide bonds. The van der Waals surface area contributed by atoms with Crippen molar-refractivity contribution in [3.8, 4) is 0 Å². The number of aliphatic hydroxyl groups excluding tert-OH is 1. The lowest BCUT2D eigenvalue weighted by Crippen LogP contribution is -2.12. The Morgan fingerprint density at radius 2 is 1.83 bits per heavy atom. The Bertz CT molecular complexity index is 687. The van der Waals surface area contributed by atoms with Crippen molar-refractivity contribution in [3.63, 3.8) is 0 Å². The first kappa shape index (κ1) is 17.2. The molecular weight excluding hydrogens is 303 g/mol. The van der Waals surface area contributed by atoms with Gasteiger partial charge in [0, 0.05) is 29.9 Å². The van der Waals surface area contributed by atoms with Crippen LogP contribution >= 0.6 is 0 Å². The molecule has 0 saturated carbocycles. The first-order valence-corrected chi connectivity index (χ1v) is 9.25. The van der Waals surface area contributed by atoms with Crippen LogP contribution in [0.1, 0.15) is 56.2 Å². The zero-order valence-electron chi connectivity index (χ0n) is 14.3. The summed E-state index contributed by atoms with van der Waals surface area (Å²) in [6, 6.07) is 4.90. The highest BCUT2D eigenvalue weighted by Gasteiger charge is 2.18. The molecule has 1 aliphatic rings. The molecule has 1 aromatic carbocycles. The molecule has 0 saturated heterocycles. The summed E-state index contributed by atoms with van der Waals surface area (Å²) in [5.41, 5.74) is 4.47. The maximum absolute atomic E-state index is 13.7. The number of nitrogens with one attached hydrogen (secondary N) is 1. The Hall–Kier alpha value is -1.68. The zero-order chi connectivity index (χ0) is 16.8. The number of aryl methyl sites for hydroxylation is 1. The van der Waals surface area contributed by atoms with Crippen LogP contribution in [-0.2, 0) is 12.8 Å². The fraction of sp³-hybridized carbons (Fsp3) is 0.550. The third-order valence-electron chi connectivity index (χ3n) is 4.86. The van der Waals surface area contributed by atoms with E-state index in [2.05, 4.69) is 5.32 Å². The van der Waals surface area contributed by atoms with Crippen molar-refractivity contribution in [2.24, 2.45) is 0 Å². The SMILES string of the molecule is OCCCCCCCNc1c2c(nc3ccc(F)cc13)CCCC2. The molecular formula is C20H27FN2O. The van der Waals surface area contributed by atoms with E-state index in [0.717, 1.165) is 68.1 Å². The van der Waals surface area contributed by atoms with Crippen molar-refractivity contribution in [3.05, 3.63) is 35.3 Å². The molecule has 3 rings (SSSR count). The number of anilines is 1. The number of aliphatic hydroxyl groups is 1. The third-order valence-corrected chi connectivity index (χ3v) is 4.86. The highest BCUT2D eigenvalue weighted by Crippen LogP contribution is 2.33. The summed E-state index contributed by atoms with van der Waals surface area (Å²) in [6.07, 6.45) is 9.84. The van der Waals surface area contributed by atoms with Gasteiger partial charge in [-0.1, -0.05) is 19.3 Å². The van der Waals surface area contributed by atoms with Gasteiger partial charge in [-0.15, -0.1) is 0 Å². The van der Waals surface area contributed by atoms with Gasteiger partial charge in [0.1, 0.15) is 5.82 Å². The predicted molar refractivity (Wildman–Crippen MR) is 97.0 cm³/mol. The number of unbranched alkanes of at least 4 members (excludes halogenated alkanes) is 4. The maximum Gasteiger partial charge on any atom is 0.124 e. The molecule has 0 aliphatic heterocycles. The number of rotatable bonds is 8. The molecule has 0 fully saturated rings. The summed E-state index contributed by atoms with van der Waals surface area (Å²) in [5.74, 6) is -0.202. The lowest BCUT2D eigenvalue weighted by molar-refractivity contribution is 0.282. The minimum Gasteiger partial charge on any atom is -0.396 e. The molecule has 0 radical (unpaired) electrons. The number of fused-ring (bicyclic) bond motifs is 2. The van der Waals surface area contributed by atoms with Gasteiger partial charge in [-0.25, -0.2) is 4.39 Å². The number of pyridine rings is 1. The van der Waals surface area contributed by atoms with Crippen LogP contribution in [0.15, 0.2) is 18.2 Å². The van der Waals surface area contributed by atoms with Gasteiger partial charge in [0.15, 0.2) is 0 Å². The van der Waals surface area contributed by atoms with Gasteiger partial charge in [0.05, 0.1) is 5.52 Å². The zero-order valence-corrected chi connectivity index (χ0v) is 14.3. The van der Waals surface area contributed by atoms with Crippen LogP contribution in [0.2, 0.25) is 0 Å². The molecule has 4 heteroatoms. The summed E-state index contributed by atoms with van der Waals surface area (Å²) in [7, 11) is 0. The molecule has 2 N–H and O–H groups in total. The van der Waals surface area contributed by atoms with Crippen molar-refractivity contribution in [2.45, 2.75) is 57.8 Å². The van der Waals surface area contributed by atoms with E-state index in [1.54, 1.807) is 12.1 Å². The number of benzene rings is 1. The monoisotopic (exact) mass is 330 g/mol. The normalized spacial score (nSPS) is 13.9. The Morgan fingerprint density at radius 1 is 1.04 bits per heavy atom. The molecule has 2 aromatic rings. The number of hydrogen-bond donors (Lipinski definition) is 2. The van der Waals surface area contributed by atoms with Crippen molar-refractivity contribution in [1.82, 2.24) is 4.98 Å². The van der Waals surface area contributed by atoms with E-state index in [9.17, 15) is 4.39 Å². The Labute approximate surface area is 143 Å². The van der Waals surface area contributed by atoms with Crippen LogP contribution in [0, 0.1) is 5.82 Å². The van der Waals surface area contributed by atoms with Gasteiger partial charge in [0.25, 0.3) is 0 Å². The number of hydrogen-bond acceptors (Lipinski definition) is 3. The molecule has 1 heterocycles. The van der Waals surface area contributed by atoms with Crippen molar-refractivity contribution in [1.29, 1.82) is 0 Å². The van der Waals surface area contributed by atoms with Gasteiger partial charge in [0.2, 0.25) is 0 Å². The summed E-state index contributed by atoms with van der Waals surface area (Å²) in [6.45, 7) is 1.19. The fourth-order valence-electron chi connectivity index (χ4n) is 3.58. The second kappa shape index (κ2) is 8.43. The Balaban J connectivity index is 1.74. The number of aromatic nitrogens is 1. The largest absolute Gasteiger partial charge is 0.396 e. The molecule has 3 nitrogen and oxygen atoms in total. The lowest BCUT2D eigenvalue weighted by Gasteiger charge is -2.21. The van der Waals surface area contributed by atoms with Crippen molar-refractivity contribution < 1.29 is 9.50 Å². The molecule has 0 spiro atoms. The predicted octanol–water partition coefficient (Wildman–Crippen LogP) is 4.61. The van der Waals surface area contributed by atoms with Crippen LogP contribution < -0.4 is 5.32 Å². The molecule has 0 atom stereocenters. The quantitative estimate of drug-likeness (QED) is 0.695. The first-order chi connectivity index (χ1) is 11.8. The number of halogens is 1. The average molecular weight is 330 g/mol. The van der Waals surface area contributed by atoms with Crippen molar-refractivity contribution >= 4 is 16.6 Å². The highest BCUT2D eigenvalue weighted by molar-refractivity contribution is 5.93. The molecule has 24 heavy (non-hydrogen) atoms. The average Bonchev–Trinajstić information content (AvgIpc) is 2.60. The van der Waals surface area contributed by atoms with Crippen LogP contribution in [0.3, 0.4) is 0 Å². The van der Waals surface area contributed by atoms with Crippen LogP contribution in [0.5, 0.6) is 0 Å². The first-order valence-electron chi connectivity index (χ1n) is 9.25. The third kappa shape index (κ3) is 4.04. The minimum atomic E-state index is -0.202. The minimum absolute atomic E-state index is 0.202. The van der Waals surface area contributed by atoms with Gasteiger partial charge in [-0.05, 0) is 62.3 Å². The Morgan fingerprint density at radius 3 is 2.71 bits per heavy atom. The second-order valence-corrected chi connectivity index (χ2v) is 6.70. The van der Waals surface area contributed by atoms with Gasteiger partial charge in [-0.2, -0.15) is 0 Å². The van der Waals surface area contributed by atoms with Crippen LogP contribution in [-0.4, -0.2) is 23.2 Å². The van der Waals surface area contributed by atoms with E-state index in [1.807, 2.05) is 0 Å². The van der Waals surface area contributed by atoms with Crippen molar-refractivity contribution in [2.75, 3.05) is 18.5 Å². The summed E-state index contributed by atoms with van der Waals surface area (Å²) >= 11 is 0. The van der Waals surface area contributed by atoms with Gasteiger partial charge < -0.3 is 10.4 Å². The second-order valence-electron chi connectivity index (χ2n) is 6.70. The summed E-state index contributed by atoms with van der Waals surface area (Å²) < 4.78 is 13.7. The summed E-state index contributed by atoms with van der Waals surface area (Å²) in [4.78, 5) is 4.77. The standard InChI is InChI=1S/C20H27FN2O/c21-15-10-11-19-17(14-15)20(16-8-4-5-9-18(16)23-19)22-12-6-2-1-3-7-13-24/h10-11,14,24H,1-9,12-13H2,(H,22,23). The Kier molecular flexibility index (Phi) is 6.02. The van der Waals surface area contributed by atoms with E-state index in [4.69, 9.17) is 10.1 Å². The van der Waals surface area contributed by atoms with Gasteiger partial charge in [-0.3, -0.25) is 4.98 Å². The molecule has 0 unspecified atom stereocenters. The topological polar surface area (TPSA) is 45.1 Å². The molecule has 130 valence electrons. The van der Waals surface area contributed by atoms with E-state index in [0.29, 0.717) is 6.61 Å². The van der Waals surface area contributed by atoms with E-state index in [-0.39, 0.29) is 5.82 Å². The van der Waals surface area contributed by atoms with E-state index in [1.165, 1.54) is 30.2 Å². The molecule has 1 aliphatic carbocycles.